The lowest BCUT2D eigenvalue weighted by molar-refractivity contribution is 0.102. The molecule has 0 fully saturated rings. The van der Waals surface area contributed by atoms with E-state index in [1.165, 1.54) is 0 Å². The maximum absolute atomic E-state index is 13.0. The summed E-state index contributed by atoms with van der Waals surface area (Å²) in [4.78, 5) is 17.4. The number of nitrogens with one attached hydrogen (secondary N) is 1. The Morgan fingerprint density at radius 2 is 1.76 bits per heavy atom. The van der Waals surface area contributed by atoms with Gasteiger partial charge in [0.25, 0.3) is 5.91 Å². The van der Waals surface area contributed by atoms with Crippen molar-refractivity contribution in [3.8, 4) is 0 Å². The van der Waals surface area contributed by atoms with Gasteiger partial charge in [0.05, 0.1) is 5.52 Å². The van der Waals surface area contributed by atoms with Crippen LogP contribution in [-0.4, -0.2) is 10.9 Å². The van der Waals surface area contributed by atoms with Crippen LogP contribution in [0.25, 0.3) is 10.9 Å². The number of nitrogen functional groups attached to an aromatic ring is 1. The number of aromatic nitrogens is 1. The molecule has 0 saturated carbocycles. The number of pyridine rings is 1. The summed E-state index contributed by atoms with van der Waals surface area (Å²) in [5.41, 5.74) is 11.9. The lowest BCUT2D eigenvalue weighted by Crippen LogP contribution is -2.15. The van der Waals surface area contributed by atoms with Gasteiger partial charge >= 0.3 is 0 Å². The van der Waals surface area contributed by atoms with E-state index in [0.717, 1.165) is 27.6 Å². The second-order valence-electron chi connectivity index (χ2n) is 6.82. The molecule has 0 saturated heterocycles. The molecular weight excluding hydrogens is 382 g/mol. The van der Waals surface area contributed by atoms with Crippen LogP contribution >= 0.6 is 11.6 Å². The van der Waals surface area contributed by atoms with Gasteiger partial charge in [0.15, 0.2) is 0 Å². The van der Waals surface area contributed by atoms with E-state index in [1.54, 1.807) is 18.3 Å². The first kappa shape index (κ1) is 19.0. The molecule has 0 spiro atoms. The summed E-state index contributed by atoms with van der Waals surface area (Å²) >= 11 is 5.83. The Labute approximate surface area is 174 Å². The Bertz CT molecular complexity index is 1170. The molecule has 0 unspecified atom stereocenters. The van der Waals surface area contributed by atoms with Crippen LogP contribution in [0.2, 0.25) is 0 Å². The molecule has 4 aromatic rings. The summed E-state index contributed by atoms with van der Waals surface area (Å²) in [6.07, 6.45) is 2.33. The number of hydrogen-bond donors (Lipinski definition) is 2. The summed E-state index contributed by atoms with van der Waals surface area (Å²) in [6, 6.07) is 22.8. The minimum absolute atomic E-state index is 0.190. The Hall–Kier alpha value is -3.37. The largest absolute Gasteiger partial charge is 0.398 e. The third kappa shape index (κ3) is 4.08. The SMILES string of the molecule is Nc1cccc(C(=O)Nc2ccc(CCl)cc2)c1Cc1ccnc2ccccc12. The fourth-order valence-electron chi connectivity index (χ4n) is 3.39. The average molecular weight is 402 g/mol. The highest BCUT2D eigenvalue weighted by Gasteiger charge is 2.16. The van der Waals surface area contributed by atoms with Gasteiger partial charge in [-0.3, -0.25) is 9.78 Å². The van der Waals surface area contributed by atoms with Crippen molar-refractivity contribution in [3.05, 3.63) is 101 Å². The highest BCUT2D eigenvalue weighted by Crippen LogP contribution is 2.26. The van der Waals surface area contributed by atoms with Gasteiger partial charge in [-0.05, 0) is 53.1 Å². The summed E-state index contributed by atoms with van der Waals surface area (Å²) in [5.74, 6) is 0.248. The molecule has 144 valence electrons. The van der Waals surface area contributed by atoms with Gasteiger partial charge in [-0.2, -0.15) is 0 Å². The van der Waals surface area contributed by atoms with E-state index in [4.69, 9.17) is 17.3 Å². The number of benzene rings is 3. The van der Waals surface area contributed by atoms with Crippen molar-refractivity contribution in [3.63, 3.8) is 0 Å². The van der Waals surface area contributed by atoms with Crippen LogP contribution in [0, 0.1) is 0 Å². The van der Waals surface area contributed by atoms with Crippen molar-refractivity contribution in [2.45, 2.75) is 12.3 Å². The van der Waals surface area contributed by atoms with Crippen molar-refractivity contribution >= 4 is 39.8 Å². The fourth-order valence-corrected chi connectivity index (χ4v) is 3.57. The zero-order valence-corrected chi connectivity index (χ0v) is 16.5. The molecule has 1 aromatic heterocycles. The molecule has 3 N–H and O–H groups in total. The normalized spacial score (nSPS) is 10.8. The van der Waals surface area contributed by atoms with Crippen molar-refractivity contribution in [2.75, 3.05) is 11.1 Å². The topological polar surface area (TPSA) is 68.0 Å². The van der Waals surface area contributed by atoms with Crippen LogP contribution in [0.1, 0.15) is 27.0 Å². The van der Waals surface area contributed by atoms with Crippen LogP contribution in [0.5, 0.6) is 0 Å². The van der Waals surface area contributed by atoms with Crippen LogP contribution in [0.15, 0.2) is 79.0 Å². The lowest BCUT2D eigenvalue weighted by Gasteiger charge is -2.14. The molecule has 0 aliphatic heterocycles. The predicted octanol–water partition coefficient (Wildman–Crippen LogP) is 5.40. The number of carbonyl (C=O) groups excluding carboxylic acids is 1. The predicted molar refractivity (Wildman–Crippen MR) is 119 cm³/mol. The smallest absolute Gasteiger partial charge is 0.256 e. The van der Waals surface area contributed by atoms with E-state index >= 15 is 0 Å². The van der Waals surface area contributed by atoms with E-state index in [2.05, 4.69) is 10.3 Å². The van der Waals surface area contributed by atoms with Crippen molar-refractivity contribution < 1.29 is 4.79 Å². The molecule has 0 radical (unpaired) electrons. The third-order valence-corrected chi connectivity index (χ3v) is 5.24. The summed E-state index contributed by atoms with van der Waals surface area (Å²) in [6.45, 7) is 0. The molecule has 4 rings (SSSR count). The summed E-state index contributed by atoms with van der Waals surface area (Å²) < 4.78 is 0. The van der Waals surface area contributed by atoms with E-state index < -0.39 is 0 Å². The van der Waals surface area contributed by atoms with Gasteiger partial charge in [-0.15, -0.1) is 11.6 Å². The number of fused-ring (bicyclic) bond motifs is 1. The monoisotopic (exact) mass is 401 g/mol. The van der Waals surface area contributed by atoms with E-state index in [-0.39, 0.29) is 5.91 Å². The summed E-state index contributed by atoms with van der Waals surface area (Å²) in [5, 5.41) is 4.01. The molecule has 1 amide bonds. The third-order valence-electron chi connectivity index (χ3n) is 4.93. The van der Waals surface area contributed by atoms with Gasteiger partial charge < -0.3 is 11.1 Å². The quantitative estimate of drug-likeness (QED) is 0.347. The van der Waals surface area contributed by atoms with Crippen LogP contribution in [0.4, 0.5) is 11.4 Å². The number of alkyl halides is 1. The number of rotatable bonds is 5. The van der Waals surface area contributed by atoms with Gasteiger partial charge in [-0.1, -0.05) is 36.4 Å². The minimum atomic E-state index is -0.190. The zero-order valence-electron chi connectivity index (χ0n) is 15.7. The molecule has 5 heteroatoms. The standard InChI is InChI=1S/C24H20ClN3O/c25-15-16-8-10-18(11-9-16)28-24(29)20-5-3-6-22(26)21(20)14-17-12-13-27-23-7-2-1-4-19(17)23/h1-13H,14-15,26H2,(H,28,29). The van der Waals surface area contributed by atoms with Crippen molar-refractivity contribution in [1.82, 2.24) is 4.98 Å². The molecule has 4 nitrogen and oxygen atoms in total. The fraction of sp³-hybridized carbons (Fsp3) is 0.0833. The number of amides is 1. The molecule has 3 aromatic carbocycles. The first-order valence-electron chi connectivity index (χ1n) is 9.32. The molecule has 0 bridgehead atoms. The van der Waals surface area contributed by atoms with Crippen LogP contribution in [-0.2, 0) is 12.3 Å². The van der Waals surface area contributed by atoms with Gasteiger partial charge in [0, 0.05) is 40.8 Å². The zero-order chi connectivity index (χ0) is 20.2. The van der Waals surface area contributed by atoms with E-state index in [1.807, 2.05) is 60.7 Å². The molecule has 0 aliphatic rings. The lowest BCUT2D eigenvalue weighted by atomic mass is 9.95. The number of para-hydroxylation sites is 1. The maximum atomic E-state index is 13.0. The Balaban J connectivity index is 1.67. The summed E-state index contributed by atoms with van der Waals surface area (Å²) in [7, 11) is 0. The number of anilines is 2. The van der Waals surface area contributed by atoms with E-state index in [9.17, 15) is 4.79 Å². The second-order valence-corrected chi connectivity index (χ2v) is 7.09. The van der Waals surface area contributed by atoms with Crippen LogP contribution in [0.3, 0.4) is 0 Å². The maximum Gasteiger partial charge on any atom is 0.256 e. The van der Waals surface area contributed by atoms with Crippen LogP contribution < -0.4 is 11.1 Å². The first-order chi connectivity index (χ1) is 14.2. The number of nitrogens with two attached hydrogens (primary N) is 1. The average Bonchev–Trinajstić information content (AvgIpc) is 2.76. The highest BCUT2D eigenvalue weighted by atomic mass is 35.5. The molecule has 1 heterocycles. The molecular formula is C24H20ClN3O. The number of nitrogens with zero attached hydrogens (tertiary/aromatic N) is 1. The second kappa shape index (κ2) is 8.33. The Morgan fingerprint density at radius 1 is 0.966 bits per heavy atom. The number of carbonyl (C=O) groups is 1. The molecule has 0 aliphatic carbocycles. The van der Waals surface area contributed by atoms with Gasteiger partial charge in [0.2, 0.25) is 0 Å². The Kier molecular flexibility index (Phi) is 5.45. The van der Waals surface area contributed by atoms with Gasteiger partial charge in [0.1, 0.15) is 0 Å². The number of halogens is 1. The Morgan fingerprint density at radius 3 is 2.55 bits per heavy atom. The molecule has 29 heavy (non-hydrogen) atoms. The van der Waals surface area contributed by atoms with Gasteiger partial charge in [-0.25, -0.2) is 0 Å². The number of hydrogen-bond acceptors (Lipinski definition) is 3. The van der Waals surface area contributed by atoms with Crippen molar-refractivity contribution in [2.24, 2.45) is 0 Å². The first-order valence-corrected chi connectivity index (χ1v) is 9.85. The van der Waals surface area contributed by atoms with Crippen molar-refractivity contribution in [1.29, 1.82) is 0 Å². The molecule has 0 atom stereocenters. The minimum Gasteiger partial charge on any atom is -0.398 e. The van der Waals surface area contributed by atoms with E-state index in [0.29, 0.717) is 29.2 Å². The highest BCUT2D eigenvalue weighted by molar-refractivity contribution is 6.17.